The first-order valence-electron chi connectivity index (χ1n) is 9.44. The molecule has 1 aromatic heterocycles. The van der Waals surface area contributed by atoms with Crippen LogP contribution in [0.25, 0.3) is 5.69 Å². The standard InChI is InChI=1S/C20H14ClF5N4O5/c1-8(20(24,25)26)35-14-7-13(30-19(34)29(2)16(28-30)18(32)33)12(23)6-9(14)17(31)27-15-10(21)4-3-5-11(15)22/h3-8H,1-2H3,(H,27,31)(H,32,33)/t8-/m0/s1. The molecule has 0 bridgehead atoms. The van der Waals surface area contributed by atoms with Gasteiger partial charge in [0.25, 0.3) is 5.91 Å². The molecule has 3 aromatic rings. The van der Waals surface area contributed by atoms with Crippen LogP contribution in [0, 0.1) is 11.6 Å². The van der Waals surface area contributed by atoms with E-state index in [1.165, 1.54) is 12.1 Å². The van der Waals surface area contributed by atoms with Crippen LogP contribution in [0.3, 0.4) is 0 Å². The second-order valence-corrected chi connectivity index (χ2v) is 7.44. The van der Waals surface area contributed by atoms with Gasteiger partial charge in [-0.15, -0.1) is 5.10 Å². The number of carbonyl (C=O) groups excluding carboxylic acids is 1. The van der Waals surface area contributed by atoms with Gasteiger partial charge in [-0.2, -0.15) is 17.9 Å². The van der Waals surface area contributed by atoms with Crippen molar-refractivity contribution in [1.29, 1.82) is 0 Å². The number of alkyl halides is 3. The molecule has 2 aromatic carbocycles. The maximum absolute atomic E-state index is 15.0. The molecule has 0 radical (unpaired) electrons. The summed E-state index contributed by atoms with van der Waals surface area (Å²) in [5, 5.41) is 14.4. The van der Waals surface area contributed by atoms with E-state index < -0.39 is 70.0 Å². The monoisotopic (exact) mass is 520 g/mol. The third-order valence-corrected chi connectivity index (χ3v) is 4.97. The van der Waals surface area contributed by atoms with Crippen LogP contribution in [0.5, 0.6) is 5.75 Å². The summed E-state index contributed by atoms with van der Waals surface area (Å²) in [6.07, 6.45) is -7.41. The molecule has 0 aliphatic heterocycles. The van der Waals surface area contributed by atoms with Crippen molar-refractivity contribution in [3.8, 4) is 11.4 Å². The number of aromatic nitrogens is 3. The lowest BCUT2D eigenvalue weighted by Gasteiger charge is -2.20. The average Bonchev–Trinajstić information content (AvgIpc) is 3.05. The number of aromatic carboxylic acids is 1. The van der Waals surface area contributed by atoms with Crippen molar-refractivity contribution in [2.75, 3.05) is 5.32 Å². The van der Waals surface area contributed by atoms with Gasteiger partial charge in [-0.05, 0) is 25.1 Å². The number of rotatable bonds is 6. The summed E-state index contributed by atoms with van der Waals surface area (Å²) in [5.41, 5.74) is -3.27. The highest BCUT2D eigenvalue weighted by atomic mass is 35.5. The van der Waals surface area contributed by atoms with Gasteiger partial charge >= 0.3 is 17.8 Å². The Morgan fingerprint density at radius 3 is 2.40 bits per heavy atom. The van der Waals surface area contributed by atoms with Gasteiger partial charge in [0.1, 0.15) is 23.1 Å². The zero-order valence-electron chi connectivity index (χ0n) is 17.7. The largest absolute Gasteiger partial charge is 0.480 e. The summed E-state index contributed by atoms with van der Waals surface area (Å²) in [7, 11) is 1.02. The SMILES string of the molecule is C[C@H](Oc1cc(-n2nc(C(=O)O)n(C)c2=O)c(F)cc1C(=O)Nc1c(F)cccc1Cl)C(F)(F)F. The minimum absolute atomic E-state index is 0.247. The first-order valence-corrected chi connectivity index (χ1v) is 9.82. The predicted octanol–water partition coefficient (Wildman–Crippen LogP) is 3.78. The number of carboxylic acids is 1. The van der Waals surface area contributed by atoms with Crippen LogP contribution in [0.1, 0.15) is 27.9 Å². The molecule has 0 aliphatic rings. The lowest BCUT2D eigenvalue weighted by molar-refractivity contribution is -0.189. The normalized spacial score (nSPS) is 12.3. The fraction of sp³-hybridized carbons (Fsp3) is 0.200. The fourth-order valence-electron chi connectivity index (χ4n) is 2.82. The molecule has 9 nitrogen and oxygen atoms in total. The van der Waals surface area contributed by atoms with E-state index >= 15 is 0 Å². The third-order valence-electron chi connectivity index (χ3n) is 4.66. The molecule has 0 spiro atoms. The van der Waals surface area contributed by atoms with Gasteiger partial charge in [-0.25, -0.2) is 18.4 Å². The van der Waals surface area contributed by atoms with Gasteiger partial charge in [0.2, 0.25) is 5.82 Å². The minimum Gasteiger partial charge on any atom is -0.480 e. The molecular formula is C20H14ClF5N4O5. The maximum Gasteiger partial charge on any atom is 0.425 e. The molecule has 35 heavy (non-hydrogen) atoms. The van der Waals surface area contributed by atoms with Gasteiger partial charge in [-0.3, -0.25) is 9.36 Å². The lowest BCUT2D eigenvalue weighted by Crippen LogP contribution is -2.32. The van der Waals surface area contributed by atoms with Crippen molar-refractivity contribution < 1.29 is 41.4 Å². The van der Waals surface area contributed by atoms with Crippen molar-refractivity contribution in [3.05, 3.63) is 68.9 Å². The van der Waals surface area contributed by atoms with Crippen LogP contribution in [0.2, 0.25) is 5.02 Å². The molecule has 1 atom stereocenters. The van der Waals surface area contributed by atoms with E-state index in [4.69, 9.17) is 21.4 Å². The van der Waals surface area contributed by atoms with E-state index in [-0.39, 0.29) is 9.70 Å². The van der Waals surface area contributed by atoms with Crippen molar-refractivity contribution in [2.45, 2.75) is 19.2 Å². The molecule has 0 fully saturated rings. The number of para-hydroxylation sites is 1. The van der Waals surface area contributed by atoms with Crippen LogP contribution in [0.4, 0.5) is 27.6 Å². The molecule has 186 valence electrons. The first-order chi connectivity index (χ1) is 16.2. The number of anilines is 1. The Balaban J connectivity index is 2.17. The Morgan fingerprint density at radius 2 is 1.86 bits per heavy atom. The van der Waals surface area contributed by atoms with Crippen molar-refractivity contribution >= 4 is 29.2 Å². The summed E-state index contributed by atoms with van der Waals surface area (Å²) in [4.78, 5) is 36.3. The van der Waals surface area contributed by atoms with E-state index in [0.717, 1.165) is 13.1 Å². The van der Waals surface area contributed by atoms with E-state index in [1.54, 1.807) is 0 Å². The number of nitrogens with one attached hydrogen (secondary N) is 1. The highest BCUT2D eigenvalue weighted by molar-refractivity contribution is 6.34. The van der Waals surface area contributed by atoms with Gasteiger partial charge in [0.15, 0.2) is 6.10 Å². The number of hydrogen-bond acceptors (Lipinski definition) is 5. The second-order valence-electron chi connectivity index (χ2n) is 7.03. The lowest BCUT2D eigenvalue weighted by atomic mass is 10.1. The molecule has 0 saturated heterocycles. The van der Waals surface area contributed by atoms with Crippen LogP contribution < -0.4 is 15.7 Å². The molecule has 3 rings (SSSR count). The van der Waals surface area contributed by atoms with Gasteiger partial charge in [-0.1, -0.05) is 17.7 Å². The highest BCUT2D eigenvalue weighted by Crippen LogP contribution is 2.32. The molecule has 0 unspecified atom stereocenters. The Bertz CT molecular complexity index is 1370. The van der Waals surface area contributed by atoms with Gasteiger partial charge < -0.3 is 15.2 Å². The van der Waals surface area contributed by atoms with Crippen molar-refractivity contribution in [2.24, 2.45) is 7.05 Å². The third kappa shape index (κ3) is 5.11. The van der Waals surface area contributed by atoms with Gasteiger partial charge in [0.05, 0.1) is 16.3 Å². The number of benzene rings is 2. The quantitative estimate of drug-likeness (QED) is 0.478. The number of amides is 1. The van der Waals surface area contributed by atoms with Crippen molar-refractivity contribution in [3.63, 3.8) is 0 Å². The van der Waals surface area contributed by atoms with Crippen molar-refractivity contribution in [1.82, 2.24) is 14.3 Å². The Labute approximate surface area is 197 Å². The van der Waals surface area contributed by atoms with E-state index in [9.17, 15) is 36.3 Å². The Morgan fingerprint density at radius 1 is 1.20 bits per heavy atom. The van der Waals surface area contributed by atoms with E-state index in [2.05, 4.69) is 5.10 Å². The number of carbonyl (C=O) groups is 2. The molecule has 15 heteroatoms. The highest BCUT2D eigenvalue weighted by Gasteiger charge is 2.39. The molecule has 2 N–H and O–H groups in total. The molecule has 0 aliphatic carbocycles. The van der Waals surface area contributed by atoms with Crippen LogP contribution in [-0.4, -0.2) is 43.6 Å². The molecule has 1 amide bonds. The topological polar surface area (TPSA) is 115 Å². The van der Waals surface area contributed by atoms with Crippen LogP contribution in [0.15, 0.2) is 35.1 Å². The maximum atomic E-state index is 15.0. The van der Waals surface area contributed by atoms with E-state index in [0.29, 0.717) is 23.6 Å². The molecular weight excluding hydrogens is 507 g/mol. The van der Waals surface area contributed by atoms with Crippen LogP contribution >= 0.6 is 11.6 Å². The summed E-state index contributed by atoms with van der Waals surface area (Å²) < 4.78 is 74.1. The average molecular weight is 521 g/mol. The summed E-state index contributed by atoms with van der Waals surface area (Å²) in [5.74, 6) is -6.90. The summed E-state index contributed by atoms with van der Waals surface area (Å²) >= 11 is 5.84. The number of halogens is 6. The Kier molecular flexibility index (Phi) is 6.87. The second kappa shape index (κ2) is 9.37. The zero-order valence-corrected chi connectivity index (χ0v) is 18.4. The summed E-state index contributed by atoms with van der Waals surface area (Å²) in [6, 6.07) is 4.40. The number of ether oxygens (including phenoxy) is 1. The predicted molar refractivity (Wildman–Crippen MR) is 111 cm³/mol. The smallest absolute Gasteiger partial charge is 0.425 e. The molecule has 0 saturated carbocycles. The van der Waals surface area contributed by atoms with E-state index in [1.807, 2.05) is 5.32 Å². The first kappa shape index (κ1) is 25.7. The van der Waals surface area contributed by atoms with Crippen LogP contribution in [-0.2, 0) is 7.05 Å². The minimum atomic E-state index is -4.91. The fourth-order valence-corrected chi connectivity index (χ4v) is 3.03. The zero-order chi connectivity index (χ0) is 26.2. The molecule has 1 heterocycles. The number of hydrogen-bond donors (Lipinski definition) is 2. The Hall–Kier alpha value is -3.94. The number of nitrogens with zero attached hydrogens (tertiary/aromatic N) is 3. The van der Waals surface area contributed by atoms with Gasteiger partial charge in [0, 0.05) is 13.1 Å². The number of carboxylic acid groups (broad SMARTS) is 1. The summed E-state index contributed by atoms with van der Waals surface area (Å²) in [6.45, 7) is 0.605.